The summed E-state index contributed by atoms with van der Waals surface area (Å²) in [6, 6.07) is 9.49. The highest BCUT2D eigenvalue weighted by molar-refractivity contribution is 7.89. The summed E-state index contributed by atoms with van der Waals surface area (Å²) in [6.07, 6.45) is 0. The number of halogens is 1. The van der Waals surface area contributed by atoms with Gasteiger partial charge in [-0.3, -0.25) is 4.79 Å². The van der Waals surface area contributed by atoms with Crippen molar-refractivity contribution in [2.75, 3.05) is 45.3 Å². The molecule has 0 aliphatic carbocycles. The fourth-order valence-electron chi connectivity index (χ4n) is 2.74. The molecular formula is C19H21FN2O6S. The molecule has 0 bridgehead atoms. The summed E-state index contributed by atoms with van der Waals surface area (Å²) in [5, 5.41) is 2.59. The van der Waals surface area contributed by atoms with Crippen LogP contribution in [0.1, 0.15) is 0 Å². The molecule has 3 rings (SSSR count). The molecule has 0 atom stereocenters. The third-order valence-electron chi connectivity index (χ3n) is 4.15. The third-order valence-corrected chi connectivity index (χ3v) is 6.04. The molecule has 0 aromatic heterocycles. The second-order valence-electron chi connectivity index (χ2n) is 6.21. The van der Waals surface area contributed by atoms with Crippen molar-refractivity contribution in [3.05, 3.63) is 48.3 Å². The van der Waals surface area contributed by atoms with Gasteiger partial charge in [-0.1, -0.05) is 0 Å². The molecule has 1 amide bonds. The lowest BCUT2D eigenvalue weighted by Crippen LogP contribution is -2.40. The zero-order chi connectivity index (χ0) is 20.9. The van der Waals surface area contributed by atoms with E-state index in [4.69, 9.17) is 14.2 Å². The smallest absolute Gasteiger partial charge is 0.250 e. The quantitative estimate of drug-likeness (QED) is 0.733. The summed E-state index contributed by atoms with van der Waals surface area (Å²) in [5.74, 6) is -0.352. The molecule has 156 valence electrons. The average Bonchev–Trinajstić information content (AvgIpc) is 2.71. The number of sulfonamides is 1. The lowest BCUT2D eigenvalue weighted by Gasteiger charge is -2.26. The summed E-state index contributed by atoms with van der Waals surface area (Å²) >= 11 is 0. The maximum Gasteiger partial charge on any atom is 0.250 e. The van der Waals surface area contributed by atoms with Crippen LogP contribution < -0.4 is 10.1 Å². The number of anilines is 1. The monoisotopic (exact) mass is 424 g/mol. The van der Waals surface area contributed by atoms with Gasteiger partial charge < -0.3 is 19.5 Å². The van der Waals surface area contributed by atoms with E-state index in [0.717, 1.165) is 0 Å². The van der Waals surface area contributed by atoms with E-state index >= 15 is 0 Å². The van der Waals surface area contributed by atoms with Crippen LogP contribution in [0.5, 0.6) is 11.5 Å². The molecule has 8 nitrogen and oxygen atoms in total. The van der Waals surface area contributed by atoms with E-state index in [1.165, 1.54) is 53.9 Å². The van der Waals surface area contributed by atoms with Crippen LogP contribution in [0, 0.1) is 5.82 Å². The van der Waals surface area contributed by atoms with Gasteiger partial charge in [0.2, 0.25) is 15.9 Å². The van der Waals surface area contributed by atoms with Crippen molar-refractivity contribution in [2.24, 2.45) is 0 Å². The van der Waals surface area contributed by atoms with Gasteiger partial charge in [-0.25, -0.2) is 12.8 Å². The van der Waals surface area contributed by atoms with Crippen molar-refractivity contribution in [2.45, 2.75) is 4.90 Å². The Morgan fingerprint density at radius 1 is 1.17 bits per heavy atom. The second-order valence-corrected chi connectivity index (χ2v) is 8.15. The fraction of sp³-hybridized carbons (Fsp3) is 0.316. The summed E-state index contributed by atoms with van der Waals surface area (Å²) < 4.78 is 56.0. The second kappa shape index (κ2) is 9.31. The molecule has 0 saturated carbocycles. The first-order valence-electron chi connectivity index (χ1n) is 8.84. The number of nitrogens with one attached hydrogen (secondary N) is 1. The Bertz CT molecular complexity index is 959. The molecule has 0 spiro atoms. The van der Waals surface area contributed by atoms with Gasteiger partial charge in [-0.05, 0) is 42.5 Å². The van der Waals surface area contributed by atoms with Crippen molar-refractivity contribution < 1.29 is 31.8 Å². The molecule has 2 aromatic carbocycles. The summed E-state index contributed by atoms with van der Waals surface area (Å²) in [6.45, 7) is 0.935. The first kappa shape index (κ1) is 21.2. The topological polar surface area (TPSA) is 94.2 Å². The first-order valence-corrected chi connectivity index (χ1v) is 10.3. The van der Waals surface area contributed by atoms with Crippen molar-refractivity contribution in [3.63, 3.8) is 0 Å². The van der Waals surface area contributed by atoms with E-state index in [2.05, 4.69) is 5.32 Å². The van der Waals surface area contributed by atoms with Gasteiger partial charge in [0, 0.05) is 20.2 Å². The van der Waals surface area contributed by atoms with Crippen molar-refractivity contribution in [3.8, 4) is 11.5 Å². The van der Waals surface area contributed by atoms with Crippen LogP contribution >= 0.6 is 0 Å². The van der Waals surface area contributed by atoms with E-state index in [1.54, 1.807) is 0 Å². The lowest BCUT2D eigenvalue weighted by atomic mass is 10.2. The highest BCUT2D eigenvalue weighted by Gasteiger charge is 2.27. The molecule has 1 saturated heterocycles. The number of hydrogen-bond donors (Lipinski definition) is 1. The summed E-state index contributed by atoms with van der Waals surface area (Å²) in [4.78, 5) is 12.0. The maximum absolute atomic E-state index is 13.1. The molecule has 2 aromatic rings. The van der Waals surface area contributed by atoms with E-state index in [9.17, 15) is 17.6 Å². The Morgan fingerprint density at radius 2 is 1.86 bits per heavy atom. The summed E-state index contributed by atoms with van der Waals surface area (Å²) in [7, 11) is -2.39. The van der Waals surface area contributed by atoms with Crippen LogP contribution in [-0.4, -0.2) is 58.7 Å². The molecule has 1 heterocycles. The number of ether oxygens (including phenoxy) is 3. The van der Waals surface area contributed by atoms with Crippen molar-refractivity contribution >= 4 is 21.6 Å². The Morgan fingerprint density at radius 3 is 2.52 bits per heavy atom. The Labute approximate surface area is 168 Å². The minimum Gasteiger partial charge on any atom is -0.455 e. The van der Waals surface area contributed by atoms with Crippen LogP contribution in [0.15, 0.2) is 47.4 Å². The highest BCUT2D eigenvalue weighted by Crippen LogP contribution is 2.33. The summed E-state index contributed by atoms with van der Waals surface area (Å²) in [5.41, 5.74) is 0.158. The SMILES string of the molecule is COCC(=O)Nc1cc(S(=O)(=O)N2CCOCC2)ccc1Oc1ccc(F)cc1. The number of amides is 1. The Hall–Kier alpha value is -2.53. The molecule has 0 radical (unpaired) electrons. The molecule has 1 aliphatic rings. The minimum absolute atomic E-state index is 0.0126. The number of hydrogen-bond acceptors (Lipinski definition) is 6. The van der Waals surface area contributed by atoms with Crippen LogP contribution in [0.25, 0.3) is 0 Å². The van der Waals surface area contributed by atoms with Gasteiger partial charge in [-0.2, -0.15) is 4.31 Å². The Kier molecular flexibility index (Phi) is 6.80. The molecule has 0 unspecified atom stereocenters. The number of morpholine rings is 1. The number of nitrogens with zero attached hydrogens (tertiary/aromatic N) is 1. The minimum atomic E-state index is -3.76. The molecule has 1 fully saturated rings. The van der Waals surface area contributed by atoms with E-state index < -0.39 is 21.7 Å². The molecule has 10 heteroatoms. The number of carbonyl (C=O) groups excluding carboxylic acids is 1. The van der Waals surface area contributed by atoms with Gasteiger partial charge in [0.05, 0.1) is 23.8 Å². The maximum atomic E-state index is 13.1. The molecule has 29 heavy (non-hydrogen) atoms. The number of benzene rings is 2. The van der Waals surface area contributed by atoms with E-state index in [-0.39, 0.29) is 36.0 Å². The number of methoxy groups -OCH3 is 1. The largest absolute Gasteiger partial charge is 0.455 e. The van der Waals surface area contributed by atoms with E-state index in [0.29, 0.717) is 19.0 Å². The lowest BCUT2D eigenvalue weighted by molar-refractivity contribution is -0.119. The zero-order valence-electron chi connectivity index (χ0n) is 15.8. The number of carbonyl (C=O) groups is 1. The average molecular weight is 424 g/mol. The normalized spacial score (nSPS) is 15.1. The third kappa shape index (κ3) is 5.30. The predicted molar refractivity (Wildman–Crippen MR) is 103 cm³/mol. The van der Waals surface area contributed by atoms with Gasteiger partial charge in [0.1, 0.15) is 18.2 Å². The van der Waals surface area contributed by atoms with E-state index in [1.807, 2.05) is 0 Å². The standard InChI is InChI=1S/C19H21FN2O6S/c1-26-13-19(23)21-17-12-16(29(24,25)22-8-10-27-11-9-22)6-7-18(17)28-15-4-2-14(20)3-5-15/h2-7,12H,8-11,13H2,1H3,(H,21,23). The van der Waals surface area contributed by atoms with Gasteiger partial charge in [0.15, 0.2) is 5.75 Å². The Balaban J connectivity index is 1.93. The van der Waals surface area contributed by atoms with Crippen LogP contribution in [-0.2, 0) is 24.3 Å². The first-order chi connectivity index (χ1) is 13.9. The van der Waals surface area contributed by atoms with Crippen molar-refractivity contribution in [1.29, 1.82) is 0 Å². The highest BCUT2D eigenvalue weighted by atomic mass is 32.2. The fourth-order valence-corrected chi connectivity index (χ4v) is 4.17. The predicted octanol–water partition coefficient (Wildman–Crippen LogP) is 2.22. The molecule has 1 aliphatic heterocycles. The van der Waals surface area contributed by atoms with Crippen LogP contribution in [0.3, 0.4) is 0 Å². The zero-order valence-corrected chi connectivity index (χ0v) is 16.6. The van der Waals surface area contributed by atoms with Gasteiger partial charge in [-0.15, -0.1) is 0 Å². The molecule has 1 N–H and O–H groups in total. The van der Waals surface area contributed by atoms with Crippen LogP contribution in [0.2, 0.25) is 0 Å². The van der Waals surface area contributed by atoms with Gasteiger partial charge >= 0.3 is 0 Å². The van der Waals surface area contributed by atoms with Gasteiger partial charge in [0.25, 0.3) is 0 Å². The number of rotatable bonds is 7. The van der Waals surface area contributed by atoms with Crippen molar-refractivity contribution in [1.82, 2.24) is 4.31 Å². The van der Waals surface area contributed by atoms with Crippen LogP contribution in [0.4, 0.5) is 10.1 Å². The molecular weight excluding hydrogens is 403 g/mol.